The van der Waals surface area contributed by atoms with Crippen LogP contribution < -0.4 is 10.6 Å². The lowest BCUT2D eigenvalue weighted by atomic mass is 10.2. The summed E-state index contributed by atoms with van der Waals surface area (Å²) in [6.45, 7) is 1.06. The molecule has 1 rings (SSSR count). The molecule has 6 nitrogen and oxygen atoms in total. The fourth-order valence-corrected chi connectivity index (χ4v) is 1.44. The number of nitrogens with zero attached hydrogens (tertiary/aromatic N) is 1. The molecule has 0 bridgehead atoms. The highest BCUT2D eigenvalue weighted by molar-refractivity contribution is 6.31. The van der Waals surface area contributed by atoms with Crippen molar-refractivity contribution >= 4 is 23.2 Å². The molecule has 0 heterocycles. The molecule has 0 aromatic heterocycles. The Labute approximate surface area is 103 Å². The third kappa shape index (κ3) is 4.01. The first-order valence-electron chi connectivity index (χ1n) is 4.92. The van der Waals surface area contributed by atoms with E-state index in [-0.39, 0.29) is 22.2 Å². The van der Waals surface area contributed by atoms with Crippen molar-refractivity contribution in [2.45, 2.75) is 0 Å². The zero-order valence-corrected chi connectivity index (χ0v) is 9.95. The maximum absolute atomic E-state index is 11.6. The number of nitro benzene ring substituents is 1. The van der Waals surface area contributed by atoms with Crippen molar-refractivity contribution in [1.29, 1.82) is 0 Å². The van der Waals surface area contributed by atoms with E-state index >= 15 is 0 Å². The van der Waals surface area contributed by atoms with Gasteiger partial charge in [-0.3, -0.25) is 14.9 Å². The Morgan fingerprint density at radius 1 is 1.41 bits per heavy atom. The number of benzene rings is 1. The first-order chi connectivity index (χ1) is 8.04. The predicted molar refractivity (Wildman–Crippen MR) is 64.4 cm³/mol. The SMILES string of the molecule is CNCCNC(=O)c1cc(Cl)cc([N+](=O)[O-])c1. The number of likely N-dealkylation sites (N-methyl/N-ethyl adjacent to an activating group) is 1. The average molecular weight is 258 g/mol. The topological polar surface area (TPSA) is 84.3 Å². The van der Waals surface area contributed by atoms with Crippen LogP contribution in [0, 0.1) is 10.1 Å². The number of rotatable bonds is 5. The fraction of sp³-hybridized carbons (Fsp3) is 0.300. The molecule has 7 heteroatoms. The summed E-state index contributed by atoms with van der Waals surface area (Å²) >= 11 is 5.70. The average Bonchev–Trinajstić information content (AvgIpc) is 2.28. The van der Waals surface area contributed by atoms with Crippen molar-refractivity contribution in [3.05, 3.63) is 38.9 Å². The number of non-ortho nitro benzene ring substituents is 1. The van der Waals surface area contributed by atoms with Crippen LogP contribution in [0.3, 0.4) is 0 Å². The van der Waals surface area contributed by atoms with Gasteiger partial charge >= 0.3 is 0 Å². The summed E-state index contributed by atoms with van der Waals surface area (Å²) in [6, 6.07) is 3.79. The summed E-state index contributed by atoms with van der Waals surface area (Å²) in [4.78, 5) is 21.6. The van der Waals surface area contributed by atoms with E-state index in [0.29, 0.717) is 13.1 Å². The number of hydrogen-bond acceptors (Lipinski definition) is 4. The minimum atomic E-state index is -0.587. The van der Waals surface area contributed by atoms with Crippen molar-refractivity contribution in [3.8, 4) is 0 Å². The van der Waals surface area contributed by atoms with Crippen molar-refractivity contribution in [2.24, 2.45) is 0 Å². The zero-order chi connectivity index (χ0) is 12.8. The summed E-state index contributed by atoms with van der Waals surface area (Å²) in [6.07, 6.45) is 0. The normalized spacial score (nSPS) is 10.0. The van der Waals surface area contributed by atoms with Crippen molar-refractivity contribution < 1.29 is 9.72 Å². The zero-order valence-electron chi connectivity index (χ0n) is 9.20. The molecule has 0 radical (unpaired) electrons. The van der Waals surface area contributed by atoms with Crippen molar-refractivity contribution in [2.75, 3.05) is 20.1 Å². The lowest BCUT2D eigenvalue weighted by molar-refractivity contribution is -0.384. The molecule has 0 atom stereocenters. The third-order valence-corrected chi connectivity index (χ3v) is 2.23. The number of halogens is 1. The molecule has 0 saturated heterocycles. The van der Waals surface area contributed by atoms with Gasteiger partial charge in [0.25, 0.3) is 11.6 Å². The molecule has 0 fully saturated rings. The smallest absolute Gasteiger partial charge is 0.271 e. The van der Waals surface area contributed by atoms with E-state index in [1.807, 2.05) is 0 Å². The van der Waals surface area contributed by atoms with E-state index < -0.39 is 4.92 Å². The summed E-state index contributed by atoms with van der Waals surface area (Å²) in [5, 5.41) is 16.2. The Kier molecular flexibility index (Phi) is 4.86. The summed E-state index contributed by atoms with van der Waals surface area (Å²) in [5.74, 6) is -0.383. The van der Waals surface area contributed by atoms with Crippen LogP contribution in [0.1, 0.15) is 10.4 Å². The molecule has 1 aromatic rings. The number of amides is 1. The van der Waals surface area contributed by atoms with Crippen LogP contribution in [0.25, 0.3) is 0 Å². The minimum absolute atomic E-state index is 0.165. The number of hydrogen-bond donors (Lipinski definition) is 2. The number of carbonyl (C=O) groups excluding carboxylic acids is 1. The van der Waals surface area contributed by atoms with Gasteiger partial charge in [0.2, 0.25) is 0 Å². The quantitative estimate of drug-likeness (QED) is 0.472. The Morgan fingerprint density at radius 2 is 2.12 bits per heavy atom. The van der Waals surface area contributed by atoms with E-state index in [9.17, 15) is 14.9 Å². The Hall–Kier alpha value is -1.66. The standard InChI is InChI=1S/C10H12ClN3O3/c1-12-2-3-13-10(15)7-4-8(11)6-9(5-7)14(16)17/h4-6,12H,2-3H2,1H3,(H,13,15). The summed E-state index contributed by atoms with van der Waals surface area (Å²) in [7, 11) is 1.76. The fourth-order valence-electron chi connectivity index (χ4n) is 1.21. The van der Waals surface area contributed by atoms with Gasteiger partial charge in [-0.2, -0.15) is 0 Å². The Balaban J connectivity index is 2.82. The van der Waals surface area contributed by atoms with Crippen LogP contribution in [0.4, 0.5) is 5.69 Å². The van der Waals surface area contributed by atoms with E-state index in [1.54, 1.807) is 7.05 Å². The summed E-state index contributed by atoms with van der Waals surface area (Å²) in [5.41, 5.74) is -0.0171. The summed E-state index contributed by atoms with van der Waals surface area (Å²) < 4.78 is 0. The van der Waals surface area contributed by atoms with Gasteiger partial charge in [-0.05, 0) is 13.1 Å². The van der Waals surface area contributed by atoms with Crippen LogP contribution in [0.2, 0.25) is 5.02 Å². The highest BCUT2D eigenvalue weighted by Gasteiger charge is 2.13. The molecule has 0 aliphatic heterocycles. The van der Waals surface area contributed by atoms with Gasteiger partial charge in [-0.25, -0.2) is 0 Å². The molecule has 1 aromatic carbocycles. The molecular weight excluding hydrogens is 246 g/mol. The number of carbonyl (C=O) groups is 1. The van der Waals surface area contributed by atoms with Gasteiger partial charge in [0.1, 0.15) is 0 Å². The molecule has 0 unspecified atom stereocenters. The van der Waals surface area contributed by atoms with Gasteiger partial charge < -0.3 is 10.6 Å². The van der Waals surface area contributed by atoms with E-state index in [1.165, 1.54) is 18.2 Å². The lowest BCUT2D eigenvalue weighted by Crippen LogP contribution is -2.30. The maximum Gasteiger partial charge on any atom is 0.271 e. The van der Waals surface area contributed by atoms with Crippen LogP contribution in [0.15, 0.2) is 18.2 Å². The van der Waals surface area contributed by atoms with E-state index in [2.05, 4.69) is 10.6 Å². The molecule has 0 spiro atoms. The molecule has 0 saturated carbocycles. The molecule has 0 aliphatic carbocycles. The predicted octanol–water partition coefficient (Wildman–Crippen LogP) is 1.20. The van der Waals surface area contributed by atoms with Crippen molar-refractivity contribution in [1.82, 2.24) is 10.6 Å². The van der Waals surface area contributed by atoms with Crippen LogP contribution in [0.5, 0.6) is 0 Å². The molecule has 2 N–H and O–H groups in total. The Bertz CT molecular complexity index is 437. The monoisotopic (exact) mass is 257 g/mol. The third-order valence-electron chi connectivity index (χ3n) is 2.02. The van der Waals surface area contributed by atoms with Crippen LogP contribution in [-0.4, -0.2) is 31.0 Å². The molecule has 92 valence electrons. The molecular formula is C10H12ClN3O3. The van der Waals surface area contributed by atoms with Crippen LogP contribution in [-0.2, 0) is 0 Å². The van der Waals surface area contributed by atoms with Gasteiger partial charge in [0.05, 0.1) is 4.92 Å². The molecule has 17 heavy (non-hydrogen) atoms. The van der Waals surface area contributed by atoms with Crippen molar-refractivity contribution in [3.63, 3.8) is 0 Å². The second-order valence-corrected chi connectivity index (χ2v) is 3.75. The Morgan fingerprint density at radius 3 is 2.71 bits per heavy atom. The highest BCUT2D eigenvalue weighted by Crippen LogP contribution is 2.20. The first-order valence-corrected chi connectivity index (χ1v) is 5.30. The van der Waals surface area contributed by atoms with Gasteiger partial charge in [-0.1, -0.05) is 11.6 Å². The number of nitrogens with one attached hydrogen (secondary N) is 2. The number of nitro groups is 1. The first kappa shape index (κ1) is 13.4. The second-order valence-electron chi connectivity index (χ2n) is 3.31. The van der Waals surface area contributed by atoms with Gasteiger partial charge in [-0.15, -0.1) is 0 Å². The largest absolute Gasteiger partial charge is 0.351 e. The lowest BCUT2D eigenvalue weighted by Gasteiger charge is -2.05. The van der Waals surface area contributed by atoms with Gasteiger partial charge in [0, 0.05) is 35.8 Å². The molecule has 1 amide bonds. The maximum atomic E-state index is 11.6. The molecule has 0 aliphatic rings. The van der Waals surface area contributed by atoms with E-state index in [4.69, 9.17) is 11.6 Å². The minimum Gasteiger partial charge on any atom is -0.351 e. The second kappa shape index (κ2) is 6.17. The van der Waals surface area contributed by atoms with E-state index in [0.717, 1.165) is 0 Å². The van der Waals surface area contributed by atoms with Crippen LogP contribution >= 0.6 is 11.6 Å². The van der Waals surface area contributed by atoms with Gasteiger partial charge in [0.15, 0.2) is 0 Å². The highest BCUT2D eigenvalue weighted by atomic mass is 35.5.